The molecule has 3 aromatic rings. The molecule has 0 aliphatic carbocycles. The number of aryl methyl sites for hydroxylation is 1. The van der Waals surface area contributed by atoms with Gasteiger partial charge in [0.1, 0.15) is 12.4 Å². The van der Waals surface area contributed by atoms with Crippen molar-refractivity contribution < 1.29 is 23.5 Å². The summed E-state index contributed by atoms with van der Waals surface area (Å²) in [5, 5.41) is 2.89. The monoisotopic (exact) mass is 434 g/mol. The number of halogens is 1. The Labute approximate surface area is 185 Å². The maximum Gasteiger partial charge on any atom is 0.255 e. The van der Waals surface area contributed by atoms with Gasteiger partial charge in [-0.3, -0.25) is 9.59 Å². The fourth-order valence-corrected chi connectivity index (χ4v) is 3.95. The topological polar surface area (TPSA) is 67.9 Å². The van der Waals surface area contributed by atoms with Crippen LogP contribution in [0.1, 0.15) is 33.1 Å². The molecule has 0 aromatic heterocycles. The molecule has 0 bridgehead atoms. The van der Waals surface area contributed by atoms with Crippen molar-refractivity contribution >= 4 is 17.5 Å². The van der Waals surface area contributed by atoms with Gasteiger partial charge in [0.25, 0.3) is 5.91 Å². The van der Waals surface area contributed by atoms with Crippen LogP contribution in [0.4, 0.5) is 10.1 Å². The largest absolute Gasteiger partial charge is 0.493 e. The van der Waals surface area contributed by atoms with Crippen molar-refractivity contribution in [3.05, 3.63) is 88.7 Å². The molecule has 0 fully saturated rings. The highest BCUT2D eigenvalue weighted by Gasteiger charge is 2.34. The molecule has 32 heavy (non-hydrogen) atoms. The van der Waals surface area contributed by atoms with Gasteiger partial charge < -0.3 is 19.7 Å². The Kier molecular flexibility index (Phi) is 5.81. The Morgan fingerprint density at radius 3 is 2.41 bits per heavy atom. The Hall–Kier alpha value is -3.87. The molecule has 0 spiro atoms. The van der Waals surface area contributed by atoms with E-state index in [1.54, 1.807) is 30.3 Å². The summed E-state index contributed by atoms with van der Waals surface area (Å²) in [6.45, 7) is 1.78. The molecule has 4 rings (SSSR count). The van der Waals surface area contributed by atoms with E-state index in [1.807, 2.05) is 25.1 Å². The second-order valence-electron chi connectivity index (χ2n) is 7.60. The van der Waals surface area contributed by atoms with E-state index in [0.29, 0.717) is 28.3 Å². The van der Waals surface area contributed by atoms with E-state index < -0.39 is 6.04 Å². The van der Waals surface area contributed by atoms with E-state index >= 15 is 0 Å². The molecular weight excluding hydrogens is 411 g/mol. The average Bonchev–Trinajstić information content (AvgIpc) is 2.94. The van der Waals surface area contributed by atoms with Crippen molar-refractivity contribution in [2.75, 3.05) is 26.1 Å². The number of anilines is 1. The standard InChI is InChI=1S/C25H23FN2O4/c1-15-4-10-20-19(12-15)24(16-5-8-18(26)9-6-16)28(14-23(29)27-20)25(30)17-7-11-21(31-2)22(13-17)32-3/h4-13,24H,14H2,1-3H3,(H,27,29). The molecule has 1 aliphatic rings. The minimum Gasteiger partial charge on any atom is -0.493 e. The predicted octanol–water partition coefficient (Wildman–Crippen LogP) is 4.34. The van der Waals surface area contributed by atoms with Gasteiger partial charge in [0.15, 0.2) is 11.5 Å². The summed E-state index contributed by atoms with van der Waals surface area (Å²) in [7, 11) is 3.01. The lowest BCUT2D eigenvalue weighted by molar-refractivity contribution is -0.117. The van der Waals surface area contributed by atoms with Crippen LogP contribution in [0.3, 0.4) is 0 Å². The molecule has 0 radical (unpaired) electrons. The molecule has 6 nitrogen and oxygen atoms in total. The highest BCUT2D eigenvalue weighted by molar-refractivity contribution is 6.01. The lowest BCUT2D eigenvalue weighted by Crippen LogP contribution is -2.39. The number of nitrogens with zero attached hydrogens (tertiary/aromatic N) is 1. The third-order valence-corrected chi connectivity index (χ3v) is 5.48. The first kappa shape index (κ1) is 21.4. The minimum atomic E-state index is -0.593. The van der Waals surface area contributed by atoms with Gasteiger partial charge in [0.2, 0.25) is 5.91 Å². The van der Waals surface area contributed by atoms with E-state index in [9.17, 15) is 14.0 Å². The van der Waals surface area contributed by atoms with Crippen molar-refractivity contribution in [1.82, 2.24) is 4.90 Å². The van der Waals surface area contributed by atoms with E-state index in [1.165, 1.54) is 31.3 Å². The summed E-state index contributed by atoms with van der Waals surface area (Å²) in [5.41, 5.74) is 3.40. The number of fused-ring (bicyclic) bond motifs is 1. The maximum atomic E-state index is 13.7. The SMILES string of the molecule is COc1ccc(C(=O)N2CC(=O)Nc3ccc(C)cc3C2c2ccc(F)cc2)cc1OC. The average molecular weight is 434 g/mol. The smallest absolute Gasteiger partial charge is 0.255 e. The predicted molar refractivity (Wildman–Crippen MR) is 119 cm³/mol. The molecule has 1 heterocycles. The van der Waals surface area contributed by atoms with E-state index in [0.717, 1.165) is 11.1 Å². The highest BCUT2D eigenvalue weighted by atomic mass is 19.1. The molecule has 2 amide bonds. The summed E-state index contributed by atoms with van der Waals surface area (Å²) in [6, 6.07) is 15.9. The third kappa shape index (κ3) is 4.01. The zero-order chi connectivity index (χ0) is 22.8. The Bertz CT molecular complexity index is 1180. The fraction of sp³-hybridized carbons (Fsp3) is 0.200. The van der Waals surface area contributed by atoms with Crippen molar-refractivity contribution in [1.29, 1.82) is 0 Å². The van der Waals surface area contributed by atoms with Gasteiger partial charge in [0.05, 0.1) is 20.3 Å². The number of carbonyl (C=O) groups excluding carboxylic acids is 2. The van der Waals surface area contributed by atoms with Gasteiger partial charge in [-0.2, -0.15) is 0 Å². The van der Waals surface area contributed by atoms with Crippen LogP contribution < -0.4 is 14.8 Å². The van der Waals surface area contributed by atoms with Gasteiger partial charge >= 0.3 is 0 Å². The molecule has 1 atom stereocenters. The molecule has 1 aliphatic heterocycles. The molecule has 7 heteroatoms. The Morgan fingerprint density at radius 1 is 1.00 bits per heavy atom. The number of methoxy groups -OCH3 is 2. The maximum absolute atomic E-state index is 13.7. The zero-order valence-electron chi connectivity index (χ0n) is 18.0. The van der Waals surface area contributed by atoms with Crippen molar-refractivity contribution in [2.24, 2.45) is 0 Å². The van der Waals surface area contributed by atoms with Crippen LogP contribution in [0.2, 0.25) is 0 Å². The van der Waals surface area contributed by atoms with Gasteiger partial charge in [0, 0.05) is 16.8 Å². The van der Waals surface area contributed by atoms with Crippen LogP contribution in [-0.4, -0.2) is 37.5 Å². The molecule has 164 valence electrons. The third-order valence-electron chi connectivity index (χ3n) is 5.48. The van der Waals surface area contributed by atoms with E-state index in [4.69, 9.17) is 9.47 Å². The number of benzene rings is 3. The van der Waals surface area contributed by atoms with Gasteiger partial charge in [-0.1, -0.05) is 29.8 Å². The van der Waals surface area contributed by atoms with E-state index in [2.05, 4.69) is 5.32 Å². The first-order chi connectivity index (χ1) is 15.4. The van der Waals surface area contributed by atoms with Gasteiger partial charge in [-0.15, -0.1) is 0 Å². The number of hydrogen-bond acceptors (Lipinski definition) is 4. The lowest BCUT2D eigenvalue weighted by Gasteiger charge is -2.31. The molecule has 1 unspecified atom stereocenters. The second kappa shape index (κ2) is 8.70. The molecule has 3 aromatic carbocycles. The summed E-state index contributed by atoms with van der Waals surface area (Å²) in [4.78, 5) is 27.9. The number of rotatable bonds is 4. The number of ether oxygens (including phenoxy) is 2. The summed E-state index contributed by atoms with van der Waals surface area (Å²) in [5.74, 6) is -0.141. The quantitative estimate of drug-likeness (QED) is 0.664. The number of carbonyl (C=O) groups is 2. The first-order valence-corrected chi connectivity index (χ1v) is 10.1. The number of amides is 2. The molecular formula is C25H23FN2O4. The summed E-state index contributed by atoms with van der Waals surface area (Å²) < 4.78 is 24.3. The Balaban J connectivity index is 1.87. The highest BCUT2D eigenvalue weighted by Crippen LogP contribution is 2.38. The molecule has 1 N–H and O–H groups in total. The molecule has 0 saturated carbocycles. The van der Waals surface area contributed by atoms with Crippen molar-refractivity contribution in [3.63, 3.8) is 0 Å². The van der Waals surface area contributed by atoms with Crippen LogP contribution in [0.25, 0.3) is 0 Å². The number of nitrogens with one attached hydrogen (secondary N) is 1. The lowest BCUT2D eigenvalue weighted by atomic mass is 9.94. The van der Waals surface area contributed by atoms with Gasteiger partial charge in [-0.25, -0.2) is 4.39 Å². The van der Waals surface area contributed by atoms with E-state index in [-0.39, 0.29) is 24.2 Å². The number of hydrogen-bond donors (Lipinski definition) is 1. The Morgan fingerprint density at radius 2 is 1.72 bits per heavy atom. The van der Waals surface area contributed by atoms with Gasteiger partial charge in [-0.05, 0) is 48.9 Å². The van der Waals surface area contributed by atoms with Crippen molar-refractivity contribution in [3.8, 4) is 11.5 Å². The zero-order valence-corrected chi connectivity index (χ0v) is 18.0. The summed E-state index contributed by atoms with van der Waals surface area (Å²) in [6.07, 6.45) is 0. The van der Waals surface area contributed by atoms with Crippen LogP contribution in [-0.2, 0) is 4.79 Å². The second-order valence-corrected chi connectivity index (χ2v) is 7.60. The normalized spacial score (nSPS) is 15.4. The summed E-state index contributed by atoms with van der Waals surface area (Å²) >= 11 is 0. The van der Waals surface area contributed by atoms with Crippen LogP contribution in [0.15, 0.2) is 60.7 Å². The fourth-order valence-electron chi connectivity index (χ4n) is 3.95. The van der Waals surface area contributed by atoms with Crippen LogP contribution in [0, 0.1) is 12.7 Å². The van der Waals surface area contributed by atoms with Crippen LogP contribution >= 0.6 is 0 Å². The first-order valence-electron chi connectivity index (χ1n) is 10.1. The van der Waals surface area contributed by atoms with Crippen molar-refractivity contribution in [2.45, 2.75) is 13.0 Å². The van der Waals surface area contributed by atoms with Crippen LogP contribution in [0.5, 0.6) is 11.5 Å². The minimum absolute atomic E-state index is 0.164. The molecule has 0 saturated heterocycles.